The number of hydrogen-bond donors (Lipinski definition) is 3. The Balaban J connectivity index is 2.17. The highest BCUT2D eigenvalue weighted by atomic mass is 16.4. The van der Waals surface area contributed by atoms with E-state index in [-0.39, 0.29) is 11.6 Å². The van der Waals surface area contributed by atoms with Gasteiger partial charge >= 0.3 is 5.97 Å². The fourth-order valence-electron chi connectivity index (χ4n) is 2.53. The monoisotopic (exact) mass is 263 g/mol. The molecule has 0 aromatic heterocycles. The SMILES string of the molecule is CC1CC(Nc2c(N)cccc2C(=O)O)CCN1C. The van der Waals surface area contributed by atoms with Gasteiger partial charge in [0, 0.05) is 18.6 Å². The summed E-state index contributed by atoms with van der Waals surface area (Å²) in [5.74, 6) is -0.948. The van der Waals surface area contributed by atoms with Crippen molar-refractivity contribution in [2.45, 2.75) is 31.8 Å². The van der Waals surface area contributed by atoms with Gasteiger partial charge in [0.2, 0.25) is 0 Å². The Morgan fingerprint density at radius 2 is 2.26 bits per heavy atom. The Hall–Kier alpha value is -1.75. The van der Waals surface area contributed by atoms with Crippen molar-refractivity contribution < 1.29 is 9.90 Å². The summed E-state index contributed by atoms with van der Waals surface area (Å²) < 4.78 is 0. The number of nitrogens with two attached hydrogens (primary N) is 1. The molecule has 5 heteroatoms. The Morgan fingerprint density at radius 3 is 2.89 bits per heavy atom. The minimum Gasteiger partial charge on any atom is -0.478 e. The molecule has 4 N–H and O–H groups in total. The van der Waals surface area contributed by atoms with E-state index in [9.17, 15) is 9.90 Å². The number of para-hydroxylation sites is 1. The van der Waals surface area contributed by atoms with Gasteiger partial charge in [-0.05, 0) is 38.9 Å². The van der Waals surface area contributed by atoms with Crippen LogP contribution in [0.1, 0.15) is 30.1 Å². The molecule has 2 atom stereocenters. The average molecular weight is 263 g/mol. The van der Waals surface area contributed by atoms with Crippen LogP contribution in [-0.2, 0) is 0 Å². The number of benzene rings is 1. The standard InChI is InChI=1S/C14H21N3O2/c1-9-8-10(6-7-17(9)2)16-13-11(14(18)19)4-3-5-12(13)15/h3-5,9-10,16H,6-8,15H2,1-2H3,(H,18,19). The molecule has 0 radical (unpaired) electrons. The van der Waals surface area contributed by atoms with Crippen LogP contribution in [0.2, 0.25) is 0 Å². The normalized spacial score (nSPS) is 24.1. The van der Waals surface area contributed by atoms with Crippen LogP contribution in [0.4, 0.5) is 11.4 Å². The number of aromatic carboxylic acids is 1. The van der Waals surface area contributed by atoms with Crippen LogP contribution in [0.3, 0.4) is 0 Å². The van der Waals surface area contributed by atoms with Crippen LogP contribution < -0.4 is 11.1 Å². The Bertz CT molecular complexity index is 476. The van der Waals surface area contributed by atoms with Crippen LogP contribution in [-0.4, -0.2) is 41.7 Å². The maximum absolute atomic E-state index is 11.2. The first-order valence-corrected chi connectivity index (χ1v) is 6.57. The van der Waals surface area contributed by atoms with E-state index in [2.05, 4.69) is 24.2 Å². The lowest BCUT2D eigenvalue weighted by atomic mass is 9.98. The molecular formula is C14H21N3O2. The van der Waals surface area contributed by atoms with Gasteiger partial charge in [0.15, 0.2) is 0 Å². The average Bonchev–Trinajstić information content (AvgIpc) is 2.36. The minimum absolute atomic E-state index is 0.242. The summed E-state index contributed by atoms with van der Waals surface area (Å²) in [7, 11) is 2.11. The van der Waals surface area contributed by atoms with Crippen LogP contribution >= 0.6 is 0 Å². The van der Waals surface area contributed by atoms with Crippen LogP contribution in [0.15, 0.2) is 18.2 Å². The van der Waals surface area contributed by atoms with Crippen molar-refractivity contribution in [3.05, 3.63) is 23.8 Å². The summed E-state index contributed by atoms with van der Waals surface area (Å²) in [6.07, 6.45) is 1.98. The molecule has 104 valence electrons. The van der Waals surface area contributed by atoms with Crippen molar-refractivity contribution in [2.75, 3.05) is 24.6 Å². The minimum atomic E-state index is -0.948. The second kappa shape index (κ2) is 5.48. The number of rotatable bonds is 3. The zero-order chi connectivity index (χ0) is 14.0. The predicted molar refractivity (Wildman–Crippen MR) is 76.6 cm³/mol. The largest absolute Gasteiger partial charge is 0.478 e. The van der Waals surface area contributed by atoms with Gasteiger partial charge in [0.05, 0.1) is 16.9 Å². The smallest absolute Gasteiger partial charge is 0.337 e. The molecule has 1 heterocycles. The van der Waals surface area contributed by atoms with Gasteiger partial charge in [-0.15, -0.1) is 0 Å². The van der Waals surface area contributed by atoms with Crippen molar-refractivity contribution in [1.29, 1.82) is 0 Å². The third kappa shape index (κ3) is 2.98. The van der Waals surface area contributed by atoms with E-state index in [1.165, 1.54) is 0 Å². The zero-order valence-corrected chi connectivity index (χ0v) is 11.4. The van der Waals surface area contributed by atoms with Crippen LogP contribution in [0.5, 0.6) is 0 Å². The molecule has 0 amide bonds. The molecule has 0 aliphatic carbocycles. The molecule has 1 aromatic carbocycles. The summed E-state index contributed by atoms with van der Waals surface area (Å²) >= 11 is 0. The van der Waals surface area contributed by atoms with E-state index >= 15 is 0 Å². The quantitative estimate of drug-likeness (QED) is 0.725. The number of nitrogen functional groups attached to an aromatic ring is 1. The van der Waals surface area contributed by atoms with Gasteiger partial charge in [-0.2, -0.15) is 0 Å². The Labute approximate surface area is 113 Å². The lowest BCUT2D eigenvalue weighted by Crippen LogP contribution is -2.42. The second-order valence-corrected chi connectivity index (χ2v) is 5.27. The van der Waals surface area contributed by atoms with Crippen molar-refractivity contribution in [1.82, 2.24) is 4.90 Å². The van der Waals surface area contributed by atoms with Crippen LogP contribution in [0.25, 0.3) is 0 Å². The Kier molecular flexibility index (Phi) is 3.95. The van der Waals surface area contributed by atoms with Gasteiger partial charge < -0.3 is 21.1 Å². The predicted octanol–water partition coefficient (Wildman–Crippen LogP) is 1.86. The van der Waals surface area contributed by atoms with E-state index < -0.39 is 5.97 Å². The number of anilines is 2. The molecule has 2 unspecified atom stereocenters. The molecule has 1 saturated heterocycles. The molecule has 1 aliphatic heterocycles. The van der Waals surface area contributed by atoms with Gasteiger partial charge in [0.1, 0.15) is 0 Å². The summed E-state index contributed by atoms with van der Waals surface area (Å²) in [6, 6.07) is 5.74. The van der Waals surface area contributed by atoms with Gasteiger partial charge in [-0.1, -0.05) is 6.07 Å². The zero-order valence-electron chi connectivity index (χ0n) is 11.4. The molecule has 19 heavy (non-hydrogen) atoms. The molecule has 0 spiro atoms. The fraction of sp³-hybridized carbons (Fsp3) is 0.500. The number of nitrogens with one attached hydrogen (secondary N) is 1. The molecule has 1 aromatic rings. The number of likely N-dealkylation sites (tertiary alicyclic amines) is 1. The number of carbonyl (C=O) groups is 1. The molecule has 1 fully saturated rings. The number of nitrogens with zero attached hydrogens (tertiary/aromatic N) is 1. The Morgan fingerprint density at radius 1 is 1.53 bits per heavy atom. The summed E-state index contributed by atoms with van der Waals surface area (Å²) in [6.45, 7) is 3.19. The fourth-order valence-corrected chi connectivity index (χ4v) is 2.53. The number of carboxylic acids is 1. The first-order valence-electron chi connectivity index (χ1n) is 6.57. The molecule has 0 bridgehead atoms. The van der Waals surface area contributed by atoms with Crippen molar-refractivity contribution in [3.8, 4) is 0 Å². The van der Waals surface area contributed by atoms with E-state index in [1.54, 1.807) is 18.2 Å². The van der Waals surface area contributed by atoms with E-state index in [0.717, 1.165) is 19.4 Å². The maximum atomic E-state index is 11.2. The highest BCUT2D eigenvalue weighted by Gasteiger charge is 2.24. The van der Waals surface area contributed by atoms with Crippen molar-refractivity contribution in [3.63, 3.8) is 0 Å². The second-order valence-electron chi connectivity index (χ2n) is 5.27. The molecule has 1 aliphatic rings. The van der Waals surface area contributed by atoms with Gasteiger partial charge in [-0.25, -0.2) is 4.79 Å². The van der Waals surface area contributed by atoms with Crippen molar-refractivity contribution in [2.24, 2.45) is 0 Å². The molecular weight excluding hydrogens is 242 g/mol. The topological polar surface area (TPSA) is 78.6 Å². The van der Waals surface area contributed by atoms with Gasteiger partial charge in [-0.3, -0.25) is 0 Å². The first-order chi connectivity index (χ1) is 8.99. The van der Waals surface area contributed by atoms with E-state index in [4.69, 9.17) is 5.73 Å². The van der Waals surface area contributed by atoms with E-state index in [0.29, 0.717) is 17.4 Å². The third-order valence-corrected chi connectivity index (χ3v) is 3.88. The van der Waals surface area contributed by atoms with Crippen LogP contribution in [0, 0.1) is 0 Å². The summed E-state index contributed by atoms with van der Waals surface area (Å²) in [5.41, 5.74) is 7.19. The highest BCUT2D eigenvalue weighted by Crippen LogP contribution is 2.27. The maximum Gasteiger partial charge on any atom is 0.337 e. The number of hydrogen-bond acceptors (Lipinski definition) is 4. The highest BCUT2D eigenvalue weighted by molar-refractivity contribution is 5.97. The lowest BCUT2D eigenvalue weighted by molar-refractivity contribution is 0.0698. The lowest BCUT2D eigenvalue weighted by Gasteiger charge is -2.36. The number of piperidine rings is 1. The molecule has 2 rings (SSSR count). The van der Waals surface area contributed by atoms with E-state index in [1.807, 2.05) is 0 Å². The van der Waals surface area contributed by atoms with Crippen molar-refractivity contribution >= 4 is 17.3 Å². The third-order valence-electron chi connectivity index (χ3n) is 3.88. The summed E-state index contributed by atoms with van der Waals surface area (Å²) in [4.78, 5) is 13.5. The summed E-state index contributed by atoms with van der Waals surface area (Å²) in [5, 5.41) is 12.5. The van der Waals surface area contributed by atoms with Gasteiger partial charge in [0.25, 0.3) is 0 Å². The molecule has 5 nitrogen and oxygen atoms in total. The molecule has 0 saturated carbocycles. The number of carboxylic acid groups (broad SMARTS) is 1. The first kappa shape index (κ1) is 13.7.